The highest BCUT2D eigenvalue weighted by molar-refractivity contribution is 6.33. The smallest absolute Gasteiger partial charge is 0.345 e. The van der Waals surface area contributed by atoms with Crippen LogP contribution in [-0.4, -0.2) is 51.9 Å². The minimum Gasteiger partial charge on any atom is -0.466 e. The highest BCUT2D eigenvalue weighted by Crippen LogP contribution is 2.44. The van der Waals surface area contributed by atoms with Crippen molar-refractivity contribution in [2.45, 2.75) is 52.0 Å². The van der Waals surface area contributed by atoms with Gasteiger partial charge in [-0.25, -0.2) is 9.48 Å². The van der Waals surface area contributed by atoms with Crippen LogP contribution >= 0.6 is 11.6 Å². The number of aromatic nitrogens is 3. The lowest BCUT2D eigenvalue weighted by atomic mass is 10.0. The number of ether oxygens (including phenoxy) is 4. The molecule has 0 unspecified atom stereocenters. The van der Waals surface area contributed by atoms with E-state index < -0.39 is 11.8 Å². The van der Waals surface area contributed by atoms with Gasteiger partial charge in [-0.05, 0) is 37.7 Å². The Morgan fingerprint density at radius 1 is 1.42 bits per heavy atom. The molecule has 1 aromatic heterocycles. The van der Waals surface area contributed by atoms with Crippen molar-refractivity contribution in [2.24, 2.45) is 11.8 Å². The minimum atomic E-state index is -1.12. The van der Waals surface area contributed by atoms with Crippen LogP contribution in [-0.2, 0) is 16.0 Å². The molecule has 2 aliphatic rings. The van der Waals surface area contributed by atoms with E-state index in [4.69, 9.17) is 30.5 Å². The highest BCUT2D eigenvalue weighted by Gasteiger charge is 2.38. The third-order valence-electron chi connectivity index (χ3n) is 5.53. The quantitative estimate of drug-likeness (QED) is 0.431. The molecule has 33 heavy (non-hydrogen) atoms. The largest absolute Gasteiger partial charge is 0.466 e. The molecule has 4 rings (SSSR count). The summed E-state index contributed by atoms with van der Waals surface area (Å²) in [4.78, 5) is 12.8. The number of aliphatic hydroxyl groups excluding tert-OH is 1. The maximum Gasteiger partial charge on any atom is 0.345 e. The van der Waals surface area contributed by atoms with E-state index in [1.165, 1.54) is 7.11 Å². The number of halogens is 1. The Labute approximate surface area is 197 Å². The van der Waals surface area contributed by atoms with E-state index in [1.807, 2.05) is 13.0 Å². The zero-order valence-corrected chi connectivity index (χ0v) is 19.8. The lowest BCUT2D eigenvalue weighted by Gasteiger charge is -2.33. The standard InChI is InChI=1S/C23H28ClN3O6/c1-13(28)7-15-8-14(15)5-6-16-10-27(26-25-16)11-17-20-18(32-23(2,3)33-22(20)29)9-19(21(17)24)31-12-30-4/h5-6,9-10,13-15,28H,7-8,11-12H2,1-4H3/b6-5-/t13-,14+,15+/m1/s1. The number of methoxy groups -OCH3 is 1. The monoisotopic (exact) mass is 477 g/mol. The Bertz CT molecular complexity index is 1060. The van der Waals surface area contributed by atoms with Crippen molar-refractivity contribution in [3.05, 3.63) is 40.2 Å². The van der Waals surface area contributed by atoms with E-state index >= 15 is 0 Å². The van der Waals surface area contributed by atoms with Crippen LogP contribution in [0, 0.1) is 11.8 Å². The first kappa shape index (κ1) is 23.5. The first-order chi connectivity index (χ1) is 15.7. The van der Waals surface area contributed by atoms with Gasteiger partial charge >= 0.3 is 5.97 Å². The van der Waals surface area contributed by atoms with Gasteiger partial charge in [0.15, 0.2) is 6.79 Å². The van der Waals surface area contributed by atoms with Gasteiger partial charge in [-0.15, -0.1) is 5.10 Å². The molecule has 2 aromatic rings. The number of hydrogen-bond donors (Lipinski definition) is 1. The summed E-state index contributed by atoms with van der Waals surface area (Å²) in [5.41, 5.74) is 1.38. The molecule has 1 saturated carbocycles. The molecular formula is C23H28ClN3O6. The topological polar surface area (TPSA) is 105 Å². The predicted molar refractivity (Wildman–Crippen MR) is 120 cm³/mol. The summed E-state index contributed by atoms with van der Waals surface area (Å²) in [7, 11) is 1.50. The van der Waals surface area contributed by atoms with Gasteiger partial charge < -0.3 is 24.1 Å². The highest BCUT2D eigenvalue weighted by atomic mass is 35.5. The van der Waals surface area contributed by atoms with Gasteiger partial charge in [0.1, 0.15) is 22.8 Å². The van der Waals surface area contributed by atoms with Crippen molar-refractivity contribution < 1.29 is 28.8 Å². The van der Waals surface area contributed by atoms with Crippen LogP contribution in [0.1, 0.15) is 55.2 Å². The zero-order chi connectivity index (χ0) is 23.8. The number of rotatable bonds is 9. The van der Waals surface area contributed by atoms with E-state index in [9.17, 15) is 9.90 Å². The van der Waals surface area contributed by atoms with Gasteiger partial charge in [0.2, 0.25) is 5.79 Å². The SMILES string of the molecule is COCOc1cc2c(c(Cn3cc(/C=C\[C@H]4C[C@@H]4C[C@@H](C)O)nn3)c1Cl)C(=O)OC(C)(C)O2. The van der Waals surface area contributed by atoms with Crippen molar-refractivity contribution in [3.8, 4) is 11.5 Å². The molecular weight excluding hydrogens is 450 g/mol. The maximum absolute atomic E-state index is 12.8. The lowest BCUT2D eigenvalue weighted by molar-refractivity contribution is -0.127. The molecule has 1 N–H and O–H groups in total. The molecule has 1 fully saturated rings. The molecule has 1 aliphatic heterocycles. The summed E-state index contributed by atoms with van der Waals surface area (Å²) in [5.74, 6) is -0.0268. The summed E-state index contributed by atoms with van der Waals surface area (Å²) in [6.07, 6.45) is 7.39. The Morgan fingerprint density at radius 2 is 2.21 bits per heavy atom. The Morgan fingerprint density at radius 3 is 2.94 bits per heavy atom. The Hall–Kier alpha value is -2.62. The van der Waals surface area contributed by atoms with Crippen LogP contribution in [0.25, 0.3) is 6.08 Å². The molecule has 3 atom stereocenters. The molecule has 1 aliphatic carbocycles. The van der Waals surface area contributed by atoms with Crippen molar-refractivity contribution in [1.29, 1.82) is 0 Å². The van der Waals surface area contributed by atoms with E-state index in [0.29, 0.717) is 34.6 Å². The van der Waals surface area contributed by atoms with Crippen molar-refractivity contribution >= 4 is 23.6 Å². The van der Waals surface area contributed by atoms with Crippen molar-refractivity contribution in [1.82, 2.24) is 15.0 Å². The summed E-state index contributed by atoms with van der Waals surface area (Å²) < 4.78 is 23.4. The molecule has 0 spiro atoms. The fourth-order valence-corrected chi connectivity index (χ4v) is 4.23. The van der Waals surface area contributed by atoms with Crippen LogP contribution in [0.15, 0.2) is 18.3 Å². The van der Waals surface area contributed by atoms with Crippen LogP contribution in [0.4, 0.5) is 0 Å². The lowest BCUT2D eigenvalue weighted by Crippen LogP contribution is -2.39. The Kier molecular flexibility index (Phi) is 6.65. The van der Waals surface area contributed by atoms with E-state index in [2.05, 4.69) is 16.4 Å². The molecule has 0 amide bonds. The molecule has 2 heterocycles. The normalized spacial score (nSPS) is 21.9. The minimum absolute atomic E-state index is 0.0126. The molecule has 0 bridgehead atoms. The van der Waals surface area contributed by atoms with E-state index in [0.717, 1.165) is 12.8 Å². The predicted octanol–water partition coefficient (Wildman–Crippen LogP) is 3.67. The average Bonchev–Trinajstić information content (AvgIpc) is 3.29. The first-order valence-corrected chi connectivity index (χ1v) is 11.2. The van der Waals surface area contributed by atoms with Crippen molar-refractivity contribution in [3.63, 3.8) is 0 Å². The summed E-state index contributed by atoms with van der Waals surface area (Å²) in [5, 5.41) is 18.1. The second-order valence-corrected chi connectivity index (χ2v) is 9.31. The molecule has 0 radical (unpaired) electrons. The number of allylic oxidation sites excluding steroid dienone is 1. The molecule has 178 valence electrons. The number of esters is 1. The Balaban J connectivity index is 1.57. The van der Waals surface area contributed by atoms with Gasteiger partial charge in [-0.2, -0.15) is 0 Å². The van der Waals surface area contributed by atoms with Crippen LogP contribution in [0.2, 0.25) is 5.02 Å². The number of nitrogens with zero attached hydrogens (tertiary/aromatic N) is 3. The number of aliphatic hydroxyl groups is 1. The second kappa shape index (κ2) is 9.32. The number of benzene rings is 1. The zero-order valence-electron chi connectivity index (χ0n) is 19.1. The fourth-order valence-electron chi connectivity index (χ4n) is 3.97. The third kappa shape index (κ3) is 5.48. The maximum atomic E-state index is 12.8. The molecule has 10 heteroatoms. The summed E-state index contributed by atoms with van der Waals surface area (Å²) >= 11 is 6.60. The summed E-state index contributed by atoms with van der Waals surface area (Å²) in [6.45, 7) is 5.27. The number of carbonyl (C=O) groups is 1. The first-order valence-electron chi connectivity index (χ1n) is 10.8. The second-order valence-electron chi connectivity index (χ2n) is 8.93. The fraction of sp³-hybridized carbons (Fsp3) is 0.522. The number of cyclic esters (lactones) is 1. The van der Waals surface area contributed by atoms with Gasteiger partial charge in [0, 0.05) is 32.6 Å². The van der Waals surface area contributed by atoms with Crippen LogP contribution < -0.4 is 9.47 Å². The number of carbonyl (C=O) groups excluding carboxylic acids is 1. The molecule has 0 saturated heterocycles. The molecule has 9 nitrogen and oxygen atoms in total. The van der Waals surface area contributed by atoms with Gasteiger partial charge in [0.25, 0.3) is 0 Å². The third-order valence-corrected chi connectivity index (χ3v) is 5.95. The molecule has 1 aromatic carbocycles. The van der Waals surface area contributed by atoms with Crippen molar-refractivity contribution in [2.75, 3.05) is 13.9 Å². The number of hydrogen-bond acceptors (Lipinski definition) is 8. The number of fused-ring (bicyclic) bond motifs is 1. The van der Waals surface area contributed by atoms with Crippen LogP contribution in [0.3, 0.4) is 0 Å². The van der Waals surface area contributed by atoms with Crippen LogP contribution in [0.5, 0.6) is 11.5 Å². The summed E-state index contributed by atoms with van der Waals surface area (Å²) in [6, 6.07) is 1.57. The van der Waals surface area contributed by atoms with Gasteiger partial charge in [-0.1, -0.05) is 22.9 Å². The van der Waals surface area contributed by atoms with E-state index in [1.54, 1.807) is 30.8 Å². The van der Waals surface area contributed by atoms with Gasteiger partial charge in [-0.3, -0.25) is 0 Å². The van der Waals surface area contributed by atoms with Gasteiger partial charge in [0.05, 0.1) is 23.9 Å². The average molecular weight is 478 g/mol. The van der Waals surface area contributed by atoms with E-state index in [-0.39, 0.29) is 30.0 Å².